The first-order valence-electron chi connectivity index (χ1n) is 5.07. The number of aliphatic imine (C=N–C) groups is 1. The molecule has 0 heterocycles. The van der Waals surface area contributed by atoms with Gasteiger partial charge in [-0.05, 0) is 32.9 Å². The summed E-state index contributed by atoms with van der Waals surface area (Å²) in [5.74, 6) is 7.25. The van der Waals surface area contributed by atoms with Crippen LogP contribution >= 0.6 is 0 Å². The van der Waals surface area contributed by atoms with Crippen LogP contribution in [0.2, 0.25) is 0 Å². The molecule has 0 aliphatic heterocycles. The highest BCUT2D eigenvalue weighted by molar-refractivity contribution is 5.38. The van der Waals surface area contributed by atoms with Crippen molar-refractivity contribution in [3.63, 3.8) is 0 Å². The largest absolute Gasteiger partial charge is 0.497 e. The number of hydrogen-bond donors (Lipinski definition) is 0. The average molecular weight is 203 g/mol. The third-order valence-corrected chi connectivity index (χ3v) is 2.65. The summed E-state index contributed by atoms with van der Waals surface area (Å²) in [7, 11) is 1.63. The van der Waals surface area contributed by atoms with Crippen LogP contribution in [0.1, 0.15) is 26.2 Å². The Morgan fingerprint density at radius 2 is 2.33 bits per heavy atom. The van der Waals surface area contributed by atoms with Gasteiger partial charge in [-0.15, -0.1) is 5.92 Å². The standard InChI is InChI=1S/C13H17NO/c1-5-6-11-7-8-13(14-3)12(9-11)10(2)15-4/h11H,2-3,7-9H2,1,4H3. The SMILES string of the molecule is C=NC1=C(C(=C)OC)CC(C#CC)CC1. The Hall–Kier alpha value is -1.49. The van der Waals surface area contributed by atoms with Gasteiger partial charge in [0.2, 0.25) is 0 Å². The summed E-state index contributed by atoms with van der Waals surface area (Å²) in [5.41, 5.74) is 2.09. The maximum absolute atomic E-state index is 5.16. The summed E-state index contributed by atoms with van der Waals surface area (Å²) in [5, 5.41) is 0. The predicted molar refractivity (Wildman–Crippen MR) is 63.5 cm³/mol. The number of ether oxygens (including phenoxy) is 1. The van der Waals surface area contributed by atoms with E-state index < -0.39 is 0 Å². The van der Waals surface area contributed by atoms with Crippen LogP contribution in [-0.4, -0.2) is 13.8 Å². The minimum absolute atomic E-state index is 0.405. The molecule has 1 aliphatic rings. The maximum atomic E-state index is 5.16. The van der Waals surface area contributed by atoms with Gasteiger partial charge in [-0.3, -0.25) is 4.99 Å². The number of nitrogens with zero attached hydrogens (tertiary/aromatic N) is 1. The monoisotopic (exact) mass is 203 g/mol. The molecule has 0 amide bonds. The van der Waals surface area contributed by atoms with E-state index >= 15 is 0 Å². The molecule has 0 fully saturated rings. The second-order valence-electron chi connectivity index (χ2n) is 3.54. The number of rotatable bonds is 3. The molecule has 2 heteroatoms. The summed E-state index contributed by atoms with van der Waals surface area (Å²) in [6, 6.07) is 0. The summed E-state index contributed by atoms with van der Waals surface area (Å²) in [6.45, 7) is 9.33. The van der Waals surface area contributed by atoms with Gasteiger partial charge in [0.25, 0.3) is 0 Å². The molecule has 0 aromatic rings. The van der Waals surface area contributed by atoms with E-state index in [9.17, 15) is 0 Å². The van der Waals surface area contributed by atoms with E-state index in [0.29, 0.717) is 11.7 Å². The lowest BCUT2D eigenvalue weighted by Gasteiger charge is -2.22. The van der Waals surface area contributed by atoms with Gasteiger partial charge in [0.05, 0.1) is 7.11 Å². The summed E-state index contributed by atoms with van der Waals surface area (Å²) < 4.78 is 5.16. The van der Waals surface area contributed by atoms with Crippen LogP contribution in [-0.2, 0) is 4.74 Å². The Morgan fingerprint density at radius 1 is 1.60 bits per heavy atom. The molecule has 1 unspecified atom stereocenters. The second-order valence-corrected chi connectivity index (χ2v) is 3.54. The van der Waals surface area contributed by atoms with Gasteiger partial charge in [0, 0.05) is 17.2 Å². The minimum Gasteiger partial charge on any atom is -0.497 e. The molecular formula is C13H17NO. The van der Waals surface area contributed by atoms with Crippen LogP contribution in [0.15, 0.2) is 28.6 Å². The molecule has 0 radical (unpaired) electrons. The zero-order valence-corrected chi connectivity index (χ0v) is 9.47. The highest BCUT2D eigenvalue weighted by Crippen LogP contribution is 2.33. The highest BCUT2D eigenvalue weighted by Gasteiger charge is 2.21. The molecule has 2 nitrogen and oxygen atoms in total. The second kappa shape index (κ2) is 5.41. The van der Waals surface area contributed by atoms with E-state index in [1.54, 1.807) is 7.11 Å². The molecule has 0 aromatic heterocycles. The Labute approximate surface area is 91.7 Å². The maximum Gasteiger partial charge on any atom is 0.116 e. The molecule has 0 spiro atoms. The zero-order chi connectivity index (χ0) is 11.3. The first-order valence-corrected chi connectivity index (χ1v) is 5.07. The van der Waals surface area contributed by atoms with Crippen LogP contribution in [0, 0.1) is 17.8 Å². The van der Waals surface area contributed by atoms with Gasteiger partial charge >= 0.3 is 0 Å². The molecule has 80 valence electrons. The minimum atomic E-state index is 0.405. The van der Waals surface area contributed by atoms with Crippen LogP contribution in [0.4, 0.5) is 0 Å². The lowest BCUT2D eigenvalue weighted by atomic mass is 9.86. The van der Waals surface area contributed by atoms with E-state index in [1.807, 2.05) is 6.92 Å². The highest BCUT2D eigenvalue weighted by atomic mass is 16.5. The molecule has 0 N–H and O–H groups in total. The van der Waals surface area contributed by atoms with E-state index in [-0.39, 0.29) is 0 Å². The molecular weight excluding hydrogens is 186 g/mol. The normalized spacial score (nSPS) is 20.3. The van der Waals surface area contributed by atoms with Crippen LogP contribution in [0.3, 0.4) is 0 Å². The van der Waals surface area contributed by atoms with Gasteiger partial charge < -0.3 is 4.74 Å². The van der Waals surface area contributed by atoms with E-state index in [1.165, 1.54) is 0 Å². The quantitative estimate of drug-likeness (QED) is 0.392. The van der Waals surface area contributed by atoms with Crippen molar-refractivity contribution in [2.24, 2.45) is 10.9 Å². The van der Waals surface area contributed by atoms with Crippen molar-refractivity contribution in [3.05, 3.63) is 23.6 Å². The molecule has 15 heavy (non-hydrogen) atoms. The summed E-state index contributed by atoms with van der Waals surface area (Å²) in [6.07, 6.45) is 2.85. The Morgan fingerprint density at radius 3 is 2.87 bits per heavy atom. The smallest absolute Gasteiger partial charge is 0.116 e. The lowest BCUT2D eigenvalue weighted by Crippen LogP contribution is -2.10. The van der Waals surface area contributed by atoms with Crippen molar-refractivity contribution >= 4 is 6.72 Å². The van der Waals surface area contributed by atoms with Crippen molar-refractivity contribution < 1.29 is 4.74 Å². The van der Waals surface area contributed by atoms with Gasteiger partial charge in [0.15, 0.2) is 0 Å². The first kappa shape index (κ1) is 11.6. The van der Waals surface area contributed by atoms with E-state index in [2.05, 4.69) is 30.1 Å². The molecule has 0 bridgehead atoms. The van der Waals surface area contributed by atoms with Crippen molar-refractivity contribution in [2.75, 3.05) is 7.11 Å². The number of methoxy groups -OCH3 is 1. The molecule has 0 aromatic carbocycles. The first-order chi connectivity index (χ1) is 7.22. The van der Waals surface area contributed by atoms with Gasteiger partial charge in [-0.2, -0.15) is 0 Å². The van der Waals surface area contributed by atoms with E-state index in [4.69, 9.17) is 4.74 Å². The van der Waals surface area contributed by atoms with Gasteiger partial charge in [-0.1, -0.05) is 12.5 Å². The number of hydrogen-bond acceptors (Lipinski definition) is 2. The van der Waals surface area contributed by atoms with Crippen LogP contribution in [0.5, 0.6) is 0 Å². The summed E-state index contributed by atoms with van der Waals surface area (Å²) in [4.78, 5) is 4.03. The third kappa shape index (κ3) is 2.73. The Kier molecular flexibility index (Phi) is 4.17. The fourth-order valence-corrected chi connectivity index (χ4v) is 1.83. The van der Waals surface area contributed by atoms with Crippen molar-refractivity contribution in [3.8, 4) is 11.8 Å². The van der Waals surface area contributed by atoms with E-state index in [0.717, 1.165) is 30.5 Å². The van der Waals surface area contributed by atoms with Crippen LogP contribution in [0.25, 0.3) is 0 Å². The van der Waals surface area contributed by atoms with Crippen LogP contribution < -0.4 is 0 Å². The Balaban J connectivity index is 2.91. The molecule has 0 saturated carbocycles. The fourth-order valence-electron chi connectivity index (χ4n) is 1.83. The summed E-state index contributed by atoms with van der Waals surface area (Å²) >= 11 is 0. The molecule has 1 rings (SSSR count). The zero-order valence-electron chi connectivity index (χ0n) is 9.47. The lowest BCUT2D eigenvalue weighted by molar-refractivity contribution is 0.295. The van der Waals surface area contributed by atoms with Gasteiger partial charge in [0.1, 0.15) is 5.76 Å². The van der Waals surface area contributed by atoms with Crippen molar-refractivity contribution in [2.45, 2.75) is 26.2 Å². The van der Waals surface area contributed by atoms with Gasteiger partial charge in [-0.25, -0.2) is 0 Å². The molecule has 1 atom stereocenters. The molecule has 1 aliphatic carbocycles. The van der Waals surface area contributed by atoms with Crippen molar-refractivity contribution in [1.29, 1.82) is 0 Å². The third-order valence-electron chi connectivity index (χ3n) is 2.65. The average Bonchev–Trinajstić information content (AvgIpc) is 2.28. The topological polar surface area (TPSA) is 21.6 Å². The Bertz CT molecular complexity index is 354. The molecule has 0 saturated heterocycles. The predicted octanol–water partition coefficient (Wildman–Crippen LogP) is 2.92. The van der Waals surface area contributed by atoms with Crippen molar-refractivity contribution in [1.82, 2.24) is 0 Å². The number of allylic oxidation sites excluding steroid dienone is 2. The fraction of sp³-hybridized carbons (Fsp3) is 0.462.